The highest BCUT2D eigenvalue weighted by Gasteiger charge is 2.59. The van der Waals surface area contributed by atoms with Gasteiger partial charge in [0.25, 0.3) is 5.92 Å². The zero-order valence-corrected chi connectivity index (χ0v) is 7.98. The Morgan fingerprint density at radius 1 is 1.75 bits per heavy atom. The predicted octanol–water partition coefficient (Wildman–Crippen LogP) is 2.53. The molecular formula is C7H7BrF2N2. The molecule has 1 fully saturated rings. The lowest BCUT2D eigenvalue weighted by molar-refractivity contribution is 0.0979. The van der Waals surface area contributed by atoms with E-state index in [1.54, 1.807) is 13.1 Å². The van der Waals surface area contributed by atoms with Gasteiger partial charge >= 0.3 is 0 Å². The Balaban J connectivity index is 2.31. The quantitative estimate of drug-likeness (QED) is 0.733. The van der Waals surface area contributed by atoms with Crippen LogP contribution in [0.3, 0.4) is 0 Å². The summed E-state index contributed by atoms with van der Waals surface area (Å²) in [4.78, 5) is 0. The summed E-state index contributed by atoms with van der Waals surface area (Å²) in [5.74, 6) is -2.55. The average Bonchev–Trinajstić information content (AvgIpc) is 2.47. The van der Waals surface area contributed by atoms with Crippen molar-refractivity contribution in [3.63, 3.8) is 0 Å². The van der Waals surface area contributed by atoms with Gasteiger partial charge in [0.2, 0.25) is 0 Å². The molecule has 0 spiro atoms. The molecule has 1 aliphatic carbocycles. The molecule has 1 aromatic rings. The molecule has 0 aliphatic heterocycles. The maximum Gasteiger partial charge on any atom is 0.272 e. The van der Waals surface area contributed by atoms with Crippen molar-refractivity contribution in [2.24, 2.45) is 0 Å². The SMILES string of the molecule is Cc1c(Br)cnn1[C@H]1CC1(F)F. The molecule has 0 N–H and O–H groups in total. The Bertz CT molecular complexity index is 321. The van der Waals surface area contributed by atoms with Crippen molar-refractivity contribution in [2.75, 3.05) is 0 Å². The molecule has 1 aromatic heterocycles. The number of hydrogen-bond donors (Lipinski definition) is 0. The predicted molar refractivity (Wildman–Crippen MR) is 43.3 cm³/mol. The van der Waals surface area contributed by atoms with E-state index in [9.17, 15) is 8.78 Å². The Morgan fingerprint density at radius 3 is 2.67 bits per heavy atom. The summed E-state index contributed by atoms with van der Waals surface area (Å²) >= 11 is 3.22. The lowest BCUT2D eigenvalue weighted by Crippen LogP contribution is -2.05. The minimum Gasteiger partial charge on any atom is -0.259 e. The van der Waals surface area contributed by atoms with E-state index in [1.807, 2.05) is 0 Å². The molecule has 5 heteroatoms. The first-order valence-corrected chi connectivity index (χ1v) is 4.39. The van der Waals surface area contributed by atoms with E-state index in [2.05, 4.69) is 21.0 Å². The van der Waals surface area contributed by atoms with Gasteiger partial charge in [-0.3, -0.25) is 4.68 Å². The van der Waals surface area contributed by atoms with Gasteiger partial charge in [-0.2, -0.15) is 5.10 Å². The van der Waals surface area contributed by atoms with Crippen molar-refractivity contribution in [1.29, 1.82) is 0 Å². The maximum absolute atomic E-state index is 12.6. The summed E-state index contributed by atoms with van der Waals surface area (Å²) in [7, 11) is 0. The molecule has 0 unspecified atom stereocenters. The fourth-order valence-electron chi connectivity index (χ4n) is 1.18. The van der Waals surface area contributed by atoms with Crippen molar-refractivity contribution in [3.05, 3.63) is 16.4 Å². The molecule has 12 heavy (non-hydrogen) atoms. The smallest absolute Gasteiger partial charge is 0.259 e. The molecule has 0 radical (unpaired) electrons. The van der Waals surface area contributed by atoms with Gasteiger partial charge in [-0.1, -0.05) is 0 Å². The highest BCUT2D eigenvalue weighted by atomic mass is 79.9. The summed E-state index contributed by atoms with van der Waals surface area (Å²) in [6, 6.07) is -0.719. The van der Waals surface area contributed by atoms with Crippen LogP contribution in [0.2, 0.25) is 0 Å². The van der Waals surface area contributed by atoms with Crippen molar-refractivity contribution in [1.82, 2.24) is 9.78 Å². The number of alkyl halides is 2. The highest BCUT2D eigenvalue weighted by Crippen LogP contribution is 2.52. The van der Waals surface area contributed by atoms with Crippen LogP contribution >= 0.6 is 15.9 Å². The Kier molecular flexibility index (Phi) is 1.55. The normalized spacial score (nSPS) is 25.8. The zero-order valence-electron chi connectivity index (χ0n) is 6.39. The van der Waals surface area contributed by atoms with E-state index in [0.29, 0.717) is 0 Å². The molecule has 2 nitrogen and oxygen atoms in total. The minimum absolute atomic E-state index is 0.0814. The van der Waals surface area contributed by atoms with Crippen LogP contribution in [-0.4, -0.2) is 15.7 Å². The van der Waals surface area contributed by atoms with E-state index in [1.165, 1.54) is 4.68 Å². The van der Waals surface area contributed by atoms with Crippen molar-refractivity contribution in [3.8, 4) is 0 Å². The first-order valence-electron chi connectivity index (χ1n) is 3.60. The molecule has 0 saturated heterocycles. The van der Waals surface area contributed by atoms with Gasteiger partial charge in [0.1, 0.15) is 6.04 Å². The van der Waals surface area contributed by atoms with Gasteiger partial charge in [-0.15, -0.1) is 0 Å². The van der Waals surface area contributed by atoms with Gasteiger partial charge in [-0.05, 0) is 22.9 Å². The monoisotopic (exact) mass is 236 g/mol. The van der Waals surface area contributed by atoms with Crippen LogP contribution < -0.4 is 0 Å². The molecule has 1 saturated carbocycles. The van der Waals surface area contributed by atoms with Crippen LogP contribution in [0.15, 0.2) is 10.7 Å². The third-order valence-corrected chi connectivity index (χ3v) is 2.85. The second kappa shape index (κ2) is 2.28. The molecule has 1 aliphatic rings. The van der Waals surface area contributed by atoms with Crippen LogP contribution in [0.1, 0.15) is 18.2 Å². The van der Waals surface area contributed by atoms with Crippen molar-refractivity contribution in [2.45, 2.75) is 25.3 Å². The van der Waals surface area contributed by atoms with Gasteiger partial charge in [0, 0.05) is 6.42 Å². The van der Waals surface area contributed by atoms with Crippen molar-refractivity contribution >= 4 is 15.9 Å². The standard InChI is InChI=1S/C7H7BrF2N2/c1-4-5(8)3-11-12(4)6-2-7(6,9)10/h3,6H,2H2,1H3/t6-/m0/s1. The highest BCUT2D eigenvalue weighted by molar-refractivity contribution is 9.10. The number of hydrogen-bond acceptors (Lipinski definition) is 1. The minimum atomic E-state index is -2.55. The van der Waals surface area contributed by atoms with Crippen LogP contribution in [-0.2, 0) is 0 Å². The molecule has 0 amide bonds. The number of rotatable bonds is 1. The lowest BCUT2D eigenvalue weighted by atomic mass is 10.5. The number of aromatic nitrogens is 2. The topological polar surface area (TPSA) is 17.8 Å². The Labute approximate surface area is 76.7 Å². The van der Waals surface area contributed by atoms with Gasteiger partial charge < -0.3 is 0 Å². The van der Waals surface area contributed by atoms with Crippen LogP contribution in [0.5, 0.6) is 0 Å². The third-order valence-electron chi connectivity index (χ3n) is 2.07. The molecule has 0 aromatic carbocycles. The van der Waals surface area contributed by atoms with E-state index >= 15 is 0 Å². The van der Waals surface area contributed by atoms with Gasteiger partial charge in [0.05, 0.1) is 16.4 Å². The molecule has 1 atom stereocenters. The maximum atomic E-state index is 12.6. The third kappa shape index (κ3) is 1.07. The summed E-state index contributed by atoms with van der Waals surface area (Å²) in [5, 5.41) is 3.86. The molecule has 66 valence electrons. The second-order valence-corrected chi connectivity index (χ2v) is 3.86. The zero-order chi connectivity index (χ0) is 8.93. The van der Waals surface area contributed by atoms with Gasteiger partial charge in [0.15, 0.2) is 0 Å². The molecule has 1 heterocycles. The Hall–Kier alpha value is -0.450. The first-order chi connectivity index (χ1) is 5.52. The molecule has 0 bridgehead atoms. The second-order valence-electron chi connectivity index (χ2n) is 3.00. The van der Waals surface area contributed by atoms with E-state index in [0.717, 1.165) is 10.2 Å². The molecular weight excluding hydrogens is 230 g/mol. The van der Waals surface area contributed by atoms with Crippen LogP contribution in [0.4, 0.5) is 8.78 Å². The first kappa shape index (κ1) is 8.16. The van der Waals surface area contributed by atoms with Crippen LogP contribution in [0.25, 0.3) is 0 Å². The van der Waals surface area contributed by atoms with E-state index in [-0.39, 0.29) is 6.42 Å². The number of nitrogens with zero attached hydrogens (tertiary/aromatic N) is 2. The van der Waals surface area contributed by atoms with E-state index in [4.69, 9.17) is 0 Å². The van der Waals surface area contributed by atoms with E-state index < -0.39 is 12.0 Å². The van der Waals surface area contributed by atoms with Gasteiger partial charge in [-0.25, -0.2) is 8.78 Å². The van der Waals surface area contributed by atoms with Crippen molar-refractivity contribution < 1.29 is 8.78 Å². The van der Waals surface area contributed by atoms with Crippen LogP contribution in [0, 0.1) is 6.92 Å². The summed E-state index contributed by atoms with van der Waals surface area (Å²) in [5.41, 5.74) is 0.761. The lowest BCUT2D eigenvalue weighted by Gasteiger charge is -2.01. The average molecular weight is 237 g/mol. The summed E-state index contributed by atoms with van der Waals surface area (Å²) in [6.45, 7) is 1.77. The summed E-state index contributed by atoms with van der Waals surface area (Å²) < 4.78 is 27.4. The fraction of sp³-hybridized carbons (Fsp3) is 0.571. The molecule has 2 rings (SSSR count). The summed E-state index contributed by atoms with van der Waals surface area (Å²) in [6.07, 6.45) is 1.46. The Morgan fingerprint density at radius 2 is 2.33 bits per heavy atom. The number of halogens is 3. The fourth-order valence-corrected chi connectivity index (χ4v) is 1.45. The largest absolute Gasteiger partial charge is 0.272 e.